The van der Waals surface area contributed by atoms with E-state index in [1.807, 2.05) is 12.1 Å². The SMILES string of the molecule is CN(C)NC(=O)Nc1cccc(C=CC[O])c1. The van der Waals surface area contributed by atoms with E-state index in [4.69, 9.17) is 0 Å². The van der Waals surface area contributed by atoms with Crippen LogP contribution in [-0.4, -0.2) is 31.7 Å². The number of benzene rings is 1. The van der Waals surface area contributed by atoms with Crippen molar-refractivity contribution in [3.8, 4) is 0 Å². The van der Waals surface area contributed by atoms with Gasteiger partial charge in [0.25, 0.3) is 0 Å². The van der Waals surface area contributed by atoms with Crippen molar-refractivity contribution in [2.75, 3.05) is 26.0 Å². The molecule has 1 radical (unpaired) electrons. The highest BCUT2D eigenvalue weighted by atomic mass is 16.2. The number of amides is 2. The zero-order chi connectivity index (χ0) is 12.7. The molecule has 0 fully saturated rings. The fraction of sp³-hybridized carbons (Fsp3) is 0.250. The molecule has 1 rings (SSSR count). The normalized spacial score (nSPS) is 10.8. The molecule has 0 aliphatic carbocycles. The number of hydrogen-bond donors (Lipinski definition) is 2. The van der Waals surface area contributed by atoms with Crippen molar-refractivity contribution in [3.63, 3.8) is 0 Å². The number of hydrogen-bond acceptors (Lipinski definition) is 2. The molecule has 0 unspecified atom stereocenters. The van der Waals surface area contributed by atoms with Crippen LogP contribution in [0, 0.1) is 0 Å². The number of carbonyl (C=O) groups is 1. The van der Waals surface area contributed by atoms with E-state index in [2.05, 4.69) is 10.7 Å². The van der Waals surface area contributed by atoms with Crippen LogP contribution in [0.3, 0.4) is 0 Å². The van der Waals surface area contributed by atoms with Crippen molar-refractivity contribution < 1.29 is 9.90 Å². The van der Waals surface area contributed by atoms with Crippen molar-refractivity contribution in [3.05, 3.63) is 35.9 Å². The highest BCUT2D eigenvalue weighted by Gasteiger charge is 2.01. The Kier molecular flexibility index (Phi) is 5.19. The predicted molar refractivity (Wildman–Crippen MR) is 66.9 cm³/mol. The summed E-state index contributed by atoms with van der Waals surface area (Å²) < 4.78 is 0. The summed E-state index contributed by atoms with van der Waals surface area (Å²) in [6.45, 7) is -0.251. The fourth-order valence-corrected chi connectivity index (χ4v) is 1.27. The Balaban J connectivity index is 2.65. The first-order valence-corrected chi connectivity index (χ1v) is 5.21. The summed E-state index contributed by atoms with van der Waals surface area (Å²) in [7, 11) is 3.46. The van der Waals surface area contributed by atoms with Gasteiger partial charge in [-0.3, -0.25) is 5.43 Å². The molecule has 91 valence electrons. The molecule has 0 aromatic heterocycles. The van der Waals surface area contributed by atoms with Crippen LogP contribution in [0.25, 0.3) is 6.08 Å². The van der Waals surface area contributed by atoms with E-state index in [-0.39, 0.29) is 12.6 Å². The summed E-state index contributed by atoms with van der Waals surface area (Å²) in [5.41, 5.74) is 4.13. The van der Waals surface area contributed by atoms with E-state index < -0.39 is 0 Å². The van der Waals surface area contributed by atoms with Gasteiger partial charge in [-0.25, -0.2) is 14.9 Å². The van der Waals surface area contributed by atoms with Crippen LogP contribution in [0.5, 0.6) is 0 Å². The van der Waals surface area contributed by atoms with Gasteiger partial charge >= 0.3 is 6.03 Å². The quantitative estimate of drug-likeness (QED) is 0.779. The van der Waals surface area contributed by atoms with Crippen LogP contribution in [0.1, 0.15) is 5.56 Å². The zero-order valence-corrected chi connectivity index (χ0v) is 9.93. The Morgan fingerprint density at radius 1 is 1.41 bits per heavy atom. The van der Waals surface area contributed by atoms with Crippen molar-refractivity contribution in [2.45, 2.75) is 0 Å². The van der Waals surface area contributed by atoms with Gasteiger partial charge in [0.1, 0.15) is 6.61 Å². The molecule has 0 saturated carbocycles. The van der Waals surface area contributed by atoms with Gasteiger partial charge in [-0.05, 0) is 17.7 Å². The second-order valence-electron chi connectivity index (χ2n) is 3.65. The van der Waals surface area contributed by atoms with E-state index in [1.165, 1.54) is 6.08 Å². The minimum Gasteiger partial charge on any atom is -0.307 e. The van der Waals surface area contributed by atoms with Gasteiger partial charge in [-0.1, -0.05) is 24.3 Å². The summed E-state index contributed by atoms with van der Waals surface area (Å²) in [6.07, 6.45) is 3.25. The van der Waals surface area contributed by atoms with Gasteiger partial charge in [0.2, 0.25) is 0 Å². The molecule has 0 heterocycles. The Labute approximate surface area is 101 Å². The third kappa shape index (κ3) is 5.14. The monoisotopic (exact) mass is 234 g/mol. The molecular weight excluding hydrogens is 218 g/mol. The largest absolute Gasteiger partial charge is 0.333 e. The van der Waals surface area contributed by atoms with Crippen LogP contribution in [0.2, 0.25) is 0 Å². The second kappa shape index (κ2) is 6.67. The van der Waals surface area contributed by atoms with Gasteiger partial charge < -0.3 is 5.32 Å². The first-order valence-electron chi connectivity index (χ1n) is 5.21. The highest BCUT2D eigenvalue weighted by Crippen LogP contribution is 2.11. The van der Waals surface area contributed by atoms with Crippen LogP contribution in [0.15, 0.2) is 30.3 Å². The standard InChI is InChI=1S/C12H16N3O2/c1-15(2)14-12(17)13-11-7-3-5-10(9-11)6-4-8-16/h3-7,9H,8H2,1-2H3,(H2,13,14,17). The molecule has 1 aromatic carbocycles. The Bertz CT molecular complexity index is 402. The Morgan fingerprint density at radius 3 is 2.82 bits per heavy atom. The molecule has 1 aromatic rings. The average Bonchev–Trinajstić information content (AvgIpc) is 2.25. The molecule has 0 aliphatic rings. The molecule has 0 atom stereocenters. The number of nitrogens with zero attached hydrogens (tertiary/aromatic N) is 1. The predicted octanol–water partition coefficient (Wildman–Crippen LogP) is 1.73. The van der Waals surface area contributed by atoms with E-state index >= 15 is 0 Å². The van der Waals surface area contributed by atoms with Crippen molar-refractivity contribution in [2.24, 2.45) is 0 Å². The van der Waals surface area contributed by atoms with Crippen molar-refractivity contribution >= 4 is 17.8 Å². The van der Waals surface area contributed by atoms with Crippen LogP contribution < -0.4 is 10.7 Å². The lowest BCUT2D eigenvalue weighted by molar-refractivity contribution is 0.224. The number of anilines is 1. The smallest absolute Gasteiger partial charge is 0.307 e. The summed E-state index contributed by atoms with van der Waals surface area (Å²) in [5, 5.41) is 14.6. The van der Waals surface area contributed by atoms with Gasteiger partial charge in [-0.15, -0.1) is 0 Å². The molecule has 5 nitrogen and oxygen atoms in total. The molecule has 0 aliphatic heterocycles. The Morgan fingerprint density at radius 2 is 2.18 bits per heavy atom. The lowest BCUT2D eigenvalue weighted by Gasteiger charge is -2.12. The molecule has 0 bridgehead atoms. The molecule has 2 N–H and O–H groups in total. The Hall–Kier alpha value is -1.85. The summed E-state index contributed by atoms with van der Waals surface area (Å²) in [6, 6.07) is 6.95. The maximum atomic E-state index is 11.4. The summed E-state index contributed by atoms with van der Waals surface area (Å²) >= 11 is 0. The highest BCUT2D eigenvalue weighted by molar-refractivity contribution is 5.89. The molecule has 2 amide bonds. The third-order valence-corrected chi connectivity index (χ3v) is 1.88. The van der Waals surface area contributed by atoms with E-state index in [0.717, 1.165) is 5.56 Å². The van der Waals surface area contributed by atoms with Crippen LogP contribution in [-0.2, 0) is 5.11 Å². The lowest BCUT2D eigenvalue weighted by atomic mass is 10.2. The maximum Gasteiger partial charge on any atom is 0.333 e. The number of urea groups is 1. The lowest BCUT2D eigenvalue weighted by Crippen LogP contribution is -2.39. The van der Waals surface area contributed by atoms with E-state index in [0.29, 0.717) is 5.69 Å². The number of carbonyl (C=O) groups excluding carboxylic acids is 1. The van der Waals surface area contributed by atoms with Gasteiger partial charge in [0.15, 0.2) is 0 Å². The van der Waals surface area contributed by atoms with E-state index in [9.17, 15) is 9.90 Å². The van der Waals surface area contributed by atoms with Gasteiger partial charge in [0, 0.05) is 19.8 Å². The van der Waals surface area contributed by atoms with Crippen molar-refractivity contribution in [1.29, 1.82) is 0 Å². The average molecular weight is 234 g/mol. The molecule has 0 saturated heterocycles. The van der Waals surface area contributed by atoms with Crippen LogP contribution >= 0.6 is 0 Å². The number of rotatable bonds is 4. The molecule has 17 heavy (non-hydrogen) atoms. The van der Waals surface area contributed by atoms with Crippen molar-refractivity contribution in [1.82, 2.24) is 10.4 Å². The third-order valence-electron chi connectivity index (χ3n) is 1.88. The fourth-order valence-electron chi connectivity index (χ4n) is 1.27. The number of hydrazine groups is 1. The molecule has 0 spiro atoms. The minimum atomic E-state index is -0.306. The van der Waals surface area contributed by atoms with Crippen LogP contribution in [0.4, 0.5) is 10.5 Å². The molecular formula is C12H16N3O2. The molecule has 5 heteroatoms. The second-order valence-corrected chi connectivity index (χ2v) is 3.65. The maximum absolute atomic E-state index is 11.4. The summed E-state index contributed by atoms with van der Waals surface area (Å²) in [5.74, 6) is 0. The number of nitrogens with one attached hydrogen (secondary N) is 2. The van der Waals surface area contributed by atoms with Gasteiger partial charge in [0.05, 0.1) is 0 Å². The summed E-state index contributed by atoms with van der Waals surface area (Å²) in [4.78, 5) is 11.4. The van der Waals surface area contributed by atoms with Gasteiger partial charge in [-0.2, -0.15) is 0 Å². The first kappa shape index (κ1) is 13.2. The van der Waals surface area contributed by atoms with E-state index in [1.54, 1.807) is 37.3 Å². The first-order chi connectivity index (χ1) is 8.11. The zero-order valence-electron chi connectivity index (χ0n) is 9.93. The topological polar surface area (TPSA) is 64.3 Å². The minimum absolute atomic E-state index is 0.251.